The first-order valence-electron chi connectivity index (χ1n) is 5.86. The highest BCUT2D eigenvalue weighted by Crippen LogP contribution is 2.24. The van der Waals surface area contributed by atoms with E-state index in [0.29, 0.717) is 12.0 Å². The summed E-state index contributed by atoms with van der Waals surface area (Å²) in [6.07, 6.45) is 1.11. The average Bonchev–Trinajstić information content (AvgIpc) is 2.82. The lowest BCUT2D eigenvalue weighted by atomic mass is 10.0. The number of nitrogens with one attached hydrogen (secondary N) is 1. The van der Waals surface area contributed by atoms with Gasteiger partial charge in [-0.25, -0.2) is 8.78 Å². The fourth-order valence-corrected chi connectivity index (χ4v) is 2.71. The van der Waals surface area contributed by atoms with E-state index in [9.17, 15) is 8.78 Å². The number of nitrogens with two attached hydrogens (primary N) is 1. The number of aromatic nitrogens is 2. The molecule has 0 spiro atoms. The molecule has 19 heavy (non-hydrogen) atoms. The molecule has 102 valence electrons. The van der Waals surface area contributed by atoms with Crippen molar-refractivity contribution in [1.82, 2.24) is 15.0 Å². The predicted octanol–water partition coefficient (Wildman–Crippen LogP) is 2.13. The van der Waals surface area contributed by atoms with E-state index < -0.39 is 11.6 Å². The summed E-state index contributed by atoms with van der Waals surface area (Å²) < 4.78 is 30.2. The van der Waals surface area contributed by atoms with Gasteiger partial charge in [-0.3, -0.25) is 11.3 Å². The fourth-order valence-electron chi connectivity index (χ4n) is 1.92. The maximum atomic E-state index is 13.2. The zero-order valence-electron chi connectivity index (χ0n) is 10.4. The molecule has 2 rings (SSSR count). The Morgan fingerprint density at radius 3 is 2.58 bits per heavy atom. The van der Waals surface area contributed by atoms with Crippen LogP contribution >= 0.6 is 11.5 Å². The summed E-state index contributed by atoms with van der Waals surface area (Å²) in [4.78, 5) is 0.898. The smallest absolute Gasteiger partial charge is 0.126 e. The molecule has 0 fully saturated rings. The van der Waals surface area contributed by atoms with Gasteiger partial charge in [0.1, 0.15) is 11.6 Å². The number of hydrazine groups is 1. The number of hydrogen-bond donors (Lipinski definition) is 2. The Morgan fingerprint density at radius 2 is 2.00 bits per heavy atom. The molecule has 7 heteroatoms. The Hall–Kier alpha value is -1.44. The molecule has 0 saturated heterocycles. The van der Waals surface area contributed by atoms with Crippen LogP contribution in [-0.2, 0) is 12.8 Å². The molecule has 0 amide bonds. The third kappa shape index (κ3) is 3.31. The number of aryl methyl sites for hydroxylation is 1. The van der Waals surface area contributed by atoms with Crippen molar-refractivity contribution in [3.05, 3.63) is 46.0 Å². The van der Waals surface area contributed by atoms with E-state index in [4.69, 9.17) is 5.84 Å². The van der Waals surface area contributed by atoms with Gasteiger partial charge in [-0.2, -0.15) is 0 Å². The molecular weight excluding hydrogens is 270 g/mol. The molecule has 3 N–H and O–H groups in total. The van der Waals surface area contributed by atoms with Crippen molar-refractivity contribution < 1.29 is 8.78 Å². The summed E-state index contributed by atoms with van der Waals surface area (Å²) in [5, 5.41) is 4.01. The van der Waals surface area contributed by atoms with Crippen LogP contribution in [0.5, 0.6) is 0 Å². The van der Waals surface area contributed by atoms with E-state index in [2.05, 4.69) is 15.0 Å². The highest BCUT2D eigenvalue weighted by atomic mass is 32.1. The molecule has 1 aromatic heterocycles. The maximum Gasteiger partial charge on any atom is 0.126 e. The van der Waals surface area contributed by atoms with Crippen LogP contribution in [0.4, 0.5) is 8.78 Å². The summed E-state index contributed by atoms with van der Waals surface area (Å²) in [6.45, 7) is 1.97. The van der Waals surface area contributed by atoms with Gasteiger partial charge in [0.05, 0.1) is 16.6 Å². The van der Waals surface area contributed by atoms with Crippen molar-refractivity contribution in [3.8, 4) is 0 Å². The number of hydrogen-bond acceptors (Lipinski definition) is 5. The van der Waals surface area contributed by atoms with Crippen LogP contribution in [0.25, 0.3) is 0 Å². The lowest BCUT2D eigenvalue weighted by molar-refractivity contribution is 0.542. The highest BCUT2D eigenvalue weighted by Gasteiger charge is 2.18. The van der Waals surface area contributed by atoms with E-state index in [-0.39, 0.29) is 6.04 Å². The Balaban J connectivity index is 2.24. The molecule has 1 aromatic carbocycles. The summed E-state index contributed by atoms with van der Waals surface area (Å²) in [5.41, 5.74) is 4.04. The van der Waals surface area contributed by atoms with Gasteiger partial charge in [0.25, 0.3) is 0 Å². The minimum atomic E-state index is -0.594. The number of benzene rings is 1. The molecule has 1 unspecified atom stereocenters. The first-order chi connectivity index (χ1) is 9.13. The molecule has 0 saturated carbocycles. The lowest BCUT2D eigenvalue weighted by Crippen LogP contribution is -2.29. The monoisotopic (exact) mass is 284 g/mol. The Labute approximate surface area is 113 Å². The number of rotatable bonds is 5. The van der Waals surface area contributed by atoms with E-state index >= 15 is 0 Å². The van der Waals surface area contributed by atoms with Crippen molar-refractivity contribution in [2.75, 3.05) is 0 Å². The minimum Gasteiger partial charge on any atom is -0.271 e. The number of halogens is 2. The SMILES string of the molecule is CCc1nnsc1C(Cc1cc(F)cc(F)c1)NN. The third-order valence-corrected chi connectivity index (χ3v) is 3.68. The lowest BCUT2D eigenvalue weighted by Gasteiger charge is -2.15. The van der Waals surface area contributed by atoms with Crippen LogP contribution in [0.1, 0.15) is 29.1 Å². The second-order valence-electron chi connectivity index (χ2n) is 4.14. The van der Waals surface area contributed by atoms with Crippen LogP contribution in [0.15, 0.2) is 18.2 Å². The van der Waals surface area contributed by atoms with Crippen LogP contribution in [0.2, 0.25) is 0 Å². The van der Waals surface area contributed by atoms with E-state index in [1.54, 1.807) is 0 Å². The Kier molecular flexibility index (Phi) is 4.52. The average molecular weight is 284 g/mol. The van der Waals surface area contributed by atoms with Crippen molar-refractivity contribution >= 4 is 11.5 Å². The van der Waals surface area contributed by atoms with Crippen LogP contribution in [-0.4, -0.2) is 9.59 Å². The summed E-state index contributed by atoms with van der Waals surface area (Å²) in [6, 6.07) is 3.19. The van der Waals surface area contributed by atoms with Crippen molar-refractivity contribution in [1.29, 1.82) is 0 Å². The molecule has 0 radical (unpaired) electrons. The van der Waals surface area contributed by atoms with Crippen molar-refractivity contribution in [2.24, 2.45) is 5.84 Å². The van der Waals surface area contributed by atoms with Crippen LogP contribution in [0.3, 0.4) is 0 Å². The van der Waals surface area contributed by atoms with Crippen molar-refractivity contribution in [3.63, 3.8) is 0 Å². The predicted molar refractivity (Wildman–Crippen MR) is 69.4 cm³/mol. The molecule has 4 nitrogen and oxygen atoms in total. The van der Waals surface area contributed by atoms with Crippen LogP contribution < -0.4 is 11.3 Å². The summed E-state index contributed by atoms with van der Waals surface area (Å²) >= 11 is 1.24. The molecule has 1 heterocycles. The molecule has 2 aromatic rings. The van der Waals surface area contributed by atoms with Gasteiger partial charge in [0.2, 0.25) is 0 Å². The minimum absolute atomic E-state index is 0.254. The van der Waals surface area contributed by atoms with Gasteiger partial charge < -0.3 is 0 Å². The second-order valence-corrected chi connectivity index (χ2v) is 4.92. The molecule has 0 aliphatic heterocycles. The normalized spacial score (nSPS) is 12.6. The zero-order chi connectivity index (χ0) is 13.8. The Morgan fingerprint density at radius 1 is 1.32 bits per heavy atom. The topological polar surface area (TPSA) is 63.8 Å². The zero-order valence-corrected chi connectivity index (χ0v) is 11.2. The number of nitrogens with zero attached hydrogens (tertiary/aromatic N) is 2. The molecule has 0 aliphatic carbocycles. The quantitative estimate of drug-likeness (QED) is 0.652. The van der Waals surface area contributed by atoms with Gasteiger partial charge in [-0.05, 0) is 42.1 Å². The van der Waals surface area contributed by atoms with E-state index in [0.717, 1.165) is 23.1 Å². The first kappa shape index (κ1) is 14.0. The van der Waals surface area contributed by atoms with E-state index in [1.807, 2.05) is 6.92 Å². The van der Waals surface area contributed by atoms with E-state index in [1.165, 1.54) is 23.7 Å². The van der Waals surface area contributed by atoms with Gasteiger partial charge in [0.15, 0.2) is 0 Å². The fraction of sp³-hybridized carbons (Fsp3) is 0.333. The summed E-state index contributed by atoms with van der Waals surface area (Å²) in [5.74, 6) is 4.34. The molecule has 1 atom stereocenters. The first-order valence-corrected chi connectivity index (χ1v) is 6.63. The highest BCUT2D eigenvalue weighted by molar-refractivity contribution is 7.05. The largest absolute Gasteiger partial charge is 0.271 e. The molecular formula is C12H14F2N4S. The molecule has 0 bridgehead atoms. The maximum absolute atomic E-state index is 13.2. The molecule has 0 aliphatic rings. The van der Waals surface area contributed by atoms with Gasteiger partial charge >= 0.3 is 0 Å². The second kappa shape index (κ2) is 6.14. The third-order valence-electron chi connectivity index (χ3n) is 2.80. The van der Waals surface area contributed by atoms with Gasteiger partial charge in [0, 0.05) is 6.07 Å². The summed E-state index contributed by atoms with van der Waals surface area (Å²) in [7, 11) is 0. The standard InChI is InChI=1S/C12H14F2N4S/c1-2-10-12(19-18-17-10)11(16-15)5-7-3-8(13)6-9(14)4-7/h3-4,6,11,16H,2,5,15H2,1H3. The van der Waals surface area contributed by atoms with Gasteiger partial charge in [-0.1, -0.05) is 11.4 Å². The Bertz CT molecular complexity index is 538. The van der Waals surface area contributed by atoms with Crippen LogP contribution in [0, 0.1) is 11.6 Å². The van der Waals surface area contributed by atoms with Gasteiger partial charge in [-0.15, -0.1) is 5.10 Å². The van der Waals surface area contributed by atoms with Crippen molar-refractivity contribution in [2.45, 2.75) is 25.8 Å².